The van der Waals surface area contributed by atoms with Crippen molar-refractivity contribution in [3.63, 3.8) is 0 Å². The Bertz CT molecular complexity index is 651. The monoisotopic (exact) mass is 325 g/mol. The number of piperazine rings is 1. The van der Waals surface area contributed by atoms with E-state index in [1.807, 2.05) is 24.3 Å². The molecule has 0 bridgehead atoms. The lowest BCUT2D eigenvalue weighted by atomic mass is 9.90. The van der Waals surface area contributed by atoms with Crippen LogP contribution >= 0.6 is 0 Å². The Kier molecular flexibility index (Phi) is 5.63. The number of piperidine rings is 1. The first-order valence-corrected chi connectivity index (χ1v) is 8.58. The van der Waals surface area contributed by atoms with Gasteiger partial charge in [0.25, 0.3) is 0 Å². The average molecular weight is 325 g/mol. The molecule has 126 valence electrons. The van der Waals surface area contributed by atoms with E-state index in [2.05, 4.69) is 27.4 Å². The molecule has 2 saturated heterocycles. The lowest BCUT2D eigenvalue weighted by Crippen LogP contribution is -2.43. The quantitative estimate of drug-likeness (QED) is 0.639. The molecule has 5 heteroatoms. The van der Waals surface area contributed by atoms with E-state index in [1.54, 1.807) is 0 Å². The molecule has 0 radical (unpaired) electrons. The number of benzene rings is 1. The molecule has 2 N–H and O–H groups in total. The van der Waals surface area contributed by atoms with Crippen LogP contribution in [0.3, 0.4) is 0 Å². The van der Waals surface area contributed by atoms with Gasteiger partial charge in [0.15, 0.2) is 0 Å². The van der Waals surface area contributed by atoms with Gasteiger partial charge in [-0.1, -0.05) is 24.0 Å². The fourth-order valence-electron chi connectivity index (χ4n) is 3.12. The molecule has 2 aliphatic heterocycles. The topological polar surface area (TPSA) is 61.4 Å². The number of carbonyl (C=O) groups excluding carboxylic acids is 2. The standard InChI is InChI=1S/C19H23N3O2/c23-18-9-8-17(19(24)21-18)16-6-4-15(5-7-16)3-1-2-12-22-13-10-20-11-14-22/h4-7,17,20H,2,8-14H2,(H,21,23,24). The predicted molar refractivity (Wildman–Crippen MR) is 92.4 cm³/mol. The van der Waals surface area contributed by atoms with E-state index in [9.17, 15) is 9.59 Å². The Hall–Kier alpha value is -2.16. The summed E-state index contributed by atoms with van der Waals surface area (Å²) in [6.07, 6.45) is 1.86. The molecule has 5 nitrogen and oxygen atoms in total. The summed E-state index contributed by atoms with van der Waals surface area (Å²) in [5, 5.41) is 5.74. The zero-order valence-corrected chi connectivity index (χ0v) is 13.8. The summed E-state index contributed by atoms with van der Waals surface area (Å²) in [6, 6.07) is 7.80. The van der Waals surface area contributed by atoms with E-state index in [-0.39, 0.29) is 17.7 Å². The summed E-state index contributed by atoms with van der Waals surface area (Å²) >= 11 is 0. The fraction of sp³-hybridized carbons (Fsp3) is 0.474. The summed E-state index contributed by atoms with van der Waals surface area (Å²) in [5.41, 5.74) is 1.91. The van der Waals surface area contributed by atoms with Crippen molar-refractivity contribution < 1.29 is 9.59 Å². The van der Waals surface area contributed by atoms with Crippen LogP contribution in [0.15, 0.2) is 24.3 Å². The van der Waals surface area contributed by atoms with Crippen molar-refractivity contribution in [3.8, 4) is 11.8 Å². The molecule has 1 aromatic carbocycles. The largest absolute Gasteiger partial charge is 0.314 e. The highest BCUT2D eigenvalue weighted by Gasteiger charge is 2.27. The smallest absolute Gasteiger partial charge is 0.234 e. The zero-order valence-electron chi connectivity index (χ0n) is 13.8. The molecule has 0 aliphatic carbocycles. The molecule has 1 aromatic rings. The van der Waals surface area contributed by atoms with Gasteiger partial charge in [0.05, 0.1) is 5.92 Å². The molecule has 0 saturated carbocycles. The van der Waals surface area contributed by atoms with Gasteiger partial charge in [0, 0.05) is 51.1 Å². The molecular weight excluding hydrogens is 302 g/mol. The number of hydrogen-bond donors (Lipinski definition) is 2. The van der Waals surface area contributed by atoms with Gasteiger partial charge in [-0.2, -0.15) is 0 Å². The first kappa shape index (κ1) is 16.7. The highest BCUT2D eigenvalue weighted by molar-refractivity contribution is 6.00. The lowest BCUT2D eigenvalue weighted by Gasteiger charge is -2.26. The van der Waals surface area contributed by atoms with Crippen LogP contribution in [-0.2, 0) is 9.59 Å². The highest BCUT2D eigenvalue weighted by Crippen LogP contribution is 2.24. The number of nitrogens with one attached hydrogen (secondary N) is 2. The maximum atomic E-state index is 11.9. The minimum Gasteiger partial charge on any atom is -0.314 e. The van der Waals surface area contributed by atoms with Crippen molar-refractivity contribution in [1.82, 2.24) is 15.5 Å². The van der Waals surface area contributed by atoms with Crippen molar-refractivity contribution in [1.29, 1.82) is 0 Å². The van der Waals surface area contributed by atoms with E-state index in [0.717, 1.165) is 50.3 Å². The maximum Gasteiger partial charge on any atom is 0.234 e. The van der Waals surface area contributed by atoms with E-state index in [4.69, 9.17) is 0 Å². The van der Waals surface area contributed by atoms with Crippen LogP contribution in [0.25, 0.3) is 0 Å². The highest BCUT2D eigenvalue weighted by atomic mass is 16.2. The molecule has 0 spiro atoms. The Morgan fingerprint density at radius 3 is 2.58 bits per heavy atom. The molecule has 2 aliphatic rings. The summed E-state index contributed by atoms with van der Waals surface area (Å²) in [5.74, 6) is 5.82. The van der Waals surface area contributed by atoms with Gasteiger partial charge in [-0.25, -0.2) is 0 Å². The minimum atomic E-state index is -0.225. The second-order valence-electron chi connectivity index (χ2n) is 6.27. The molecule has 2 amide bonds. The Morgan fingerprint density at radius 2 is 1.88 bits per heavy atom. The van der Waals surface area contributed by atoms with Gasteiger partial charge in [0.2, 0.25) is 11.8 Å². The third-order valence-electron chi connectivity index (χ3n) is 4.55. The van der Waals surface area contributed by atoms with Crippen LogP contribution in [0.4, 0.5) is 0 Å². The van der Waals surface area contributed by atoms with E-state index >= 15 is 0 Å². The molecule has 1 atom stereocenters. The molecule has 1 unspecified atom stereocenters. The Labute approximate surface area is 142 Å². The van der Waals surface area contributed by atoms with Gasteiger partial charge < -0.3 is 5.32 Å². The summed E-state index contributed by atoms with van der Waals surface area (Å²) in [4.78, 5) is 25.5. The minimum absolute atomic E-state index is 0.178. The average Bonchev–Trinajstić information content (AvgIpc) is 2.60. The van der Waals surface area contributed by atoms with Gasteiger partial charge in [-0.05, 0) is 24.1 Å². The van der Waals surface area contributed by atoms with Crippen molar-refractivity contribution in [2.24, 2.45) is 0 Å². The second-order valence-corrected chi connectivity index (χ2v) is 6.27. The van der Waals surface area contributed by atoms with Crippen LogP contribution in [0.2, 0.25) is 0 Å². The first-order chi connectivity index (χ1) is 11.7. The number of nitrogens with zero attached hydrogens (tertiary/aromatic N) is 1. The molecule has 2 heterocycles. The first-order valence-electron chi connectivity index (χ1n) is 8.58. The van der Waals surface area contributed by atoms with Gasteiger partial charge in [-0.3, -0.25) is 19.8 Å². The maximum absolute atomic E-state index is 11.9. The third kappa shape index (κ3) is 4.44. The van der Waals surface area contributed by atoms with Gasteiger partial charge in [-0.15, -0.1) is 0 Å². The molecule has 2 fully saturated rings. The van der Waals surface area contributed by atoms with Crippen molar-refractivity contribution in [2.75, 3.05) is 32.7 Å². The van der Waals surface area contributed by atoms with Crippen LogP contribution in [0.5, 0.6) is 0 Å². The van der Waals surface area contributed by atoms with Crippen LogP contribution in [0, 0.1) is 11.8 Å². The van der Waals surface area contributed by atoms with E-state index in [1.165, 1.54) is 0 Å². The van der Waals surface area contributed by atoms with Gasteiger partial charge in [0.1, 0.15) is 0 Å². The molecule has 0 aromatic heterocycles. The van der Waals surface area contributed by atoms with Crippen molar-refractivity contribution >= 4 is 11.8 Å². The molecular formula is C19H23N3O2. The summed E-state index contributed by atoms with van der Waals surface area (Å²) in [7, 11) is 0. The zero-order chi connectivity index (χ0) is 16.8. The fourth-order valence-corrected chi connectivity index (χ4v) is 3.12. The number of rotatable bonds is 3. The van der Waals surface area contributed by atoms with E-state index in [0.29, 0.717) is 12.8 Å². The number of imide groups is 1. The van der Waals surface area contributed by atoms with Crippen LogP contribution in [0.1, 0.15) is 36.3 Å². The predicted octanol–water partition coefficient (Wildman–Crippen LogP) is 0.854. The van der Waals surface area contributed by atoms with Gasteiger partial charge >= 0.3 is 0 Å². The second kappa shape index (κ2) is 8.09. The van der Waals surface area contributed by atoms with E-state index < -0.39 is 0 Å². The van der Waals surface area contributed by atoms with Crippen LogP contribution in [-0.4, -0.2) is 49.4 Å². The molecule has 24 heavy (non-hydrogen) atoms. The van der Waals surface area contributed by atoms with Crippen LogP contribution < -0.4 is 10.6 Å². The Morgan fingerprint density at radius 1 is 1.12 bits per heavy atom. The SMILES string of the molecule is O=C1CCC(c2ccc(C#CCCN3CCNCC3)cc2)C(=O)N1. The van der Waals surface area contributed by atoms with Crippen molar-refractivity contribution in [2.45, 2.75) is 25.2 Å². The molecule has 3 rings (SSSR count). The van der Waals surface area contributed by atoms with Crippen molar-refractivity contribution in [3.05, 3.63) is 35.4 Å². The lowest BCUT2D eigenvalue weighted by molar-refractivity contribution is -0.134. The summed E-state index contributed by atoms with van der Waals surface area (Å²) in [6.45, 7) is 5.35. The third-order valence-corrected chi connectivity index (χ3v) is 4.55. The number of hydrogen-bond acceptors (Lipinski definition) is 4. The number of carbonyl (C=O) groups is 2. The normalized spacial score (nSPS) is 21.8. The summed E-state index contributed by atoms with van der Waals surface area (Å²) < 4.78 is 0. The Balaban J connectivity index is 1.52. The number of amides is 2.